The first-order valence-corrected chi connectivity index (χ1v) is 42.4. The van der Waals surface area contributed by atoms with Crippen molar-refractivity contribution < 1.29 is 80.2 Å². The lowest BCUT2D eigenvalue weighted by Crippen LogP contribution is -2.30. The van der Waals surface area contributed by atoms with Crippen LogP contribution in [0.25, 0.3) is 0 Å². The Hall–Kier alpha value is -2.46. The highest BCUT2D eigenvalue weighted by atomic mass is 31.2. The van der Waals surface area contributed by atoms with Crippen molar-refractivity contribution in [3.63, 3.8) is 0 Å². The second-order valence-corrected chi connectivity index (χ2v) is 30.4. The zero-order chi connectivity index (χ0) is 70.5. The molecule has 0 amide bonds. The number of phosphoric acid groups is 2. The molecule has 0 aromatic carbocycles. The molecule has 0 aromatic rings. The summed E-state index contributed by atoms with van der Waals surface area (Å²) >= 11 is 0. The molecular formula is C77H146O17P2. The molecule has 0 aliphatic heterocycles. The van der Waals surface area contributed by atoms with E-state index in [0.717, 1.165) is 116 Å². The fourth-order valence-electron chi connectivity index (χ4n) is 11.3. The maximum atomic E-state index is 13.1. The number of esters is 4. The Kier molecular flexibility index (Phi) is 67.8. The smallest absolute Gasteiger partial charge is 0.462 e. The predicted octanol–water partition coefficient (Wildman–Crippen LogP) is 22.4. The van der Waals surface area contributed by atoms with E-state index in [1.165, 1.54) is 180 Å². The molecule has 96 heavy (non-hydrogen) atoms. The quantitative estimate of drug-likeness (QED) is 0.0169. The molecule has 2 unspecified atom stereocenters. The van der Waals surface area contributed by atoms with Crippen molar-refractivity contribution in [3.05, 3.63) is 24.3 Å². The van der Waals surface area contributed by atoms with E-state index in [1.54, 1.807) is 0 Å². The first-order valence-electron chi connectivity index (χ1n) is 39.5. The Morgan fingerprint density at radius 3 is 0.854 bits per heavy atom. The van der Waals surface area contributed by atoms with Crippen LogP contribution in [0.15, 0.2) is 24.3 Å². The number of carbonyl (C=O) groups is 4. The monoisotopic (exact) mass is 1410 g/mol. The van der Waals surface area contributed by atoms with Crippen molar-refractivity contribution in [2.75, 3.05) is 39.6 Å². The van der Waals surface area contributed by atoms with Crippen LogP contribution in [0, 0.1) is 5.92 Å². The van der Waals surface area contributed by atoms with Crippen LogP contribution >= 0.6 is 15.6 Å². The molecule has 0 aliphatic carbocycles. The minimum absolute atomic E-state index is 0.102. The minimum Gasteiger partial charge on any atom is -0.462 e. The molecule has 0 rings (SSSR count). The largest absolute Gasteiger partial charge is 0.472 e. The van der Waals surface area contributed by atoms with Crippen LogP contribution in [0.2, 0.25) is 0 Å². The van der Waals surface area contributed by atoms with Gasteiger partial charge in [-0.3, -0.25) is 37.3 Å². The Balaban J connectivity index is 5.27. The number of aliphatic hydroxyl groups is 1. The molecule has 0 spiro atoms. The van der Waals surface area contributed by atoms with Gasteiger partial charge in [-0.15, -0.1) is 0 Å². The molecular weight excluding hydrogens is 1260 g/mol. The maximum absolute atomic E-state index is 13.1. The molecule has 0 bridgehead atoms. The first kappa shape index (κ1) is 93.5. The third kappa shape index (κ3) is 70.0. The first-order chi connectivity index (χ1) is 46.5. The number of unbranched alkanes of at least 4 members (excludes halogenated alkanes) is 44. The molecule has 17 nitrogen and oxygen atoms in total. The van der Waals surface area contributed by atoms with Gasteiger partial charge in [-0.25, -0.2) is 9.13 Å². The Labute approximate surface area is 586 Å². The third-order valence-corrected chi connectivity index (χ3v) is 19.3. The lowest BCUT2D eigenvalue weighted by atomic mass is 10.0. The standard InChI is InChI=1S/C77H146O17P2/c1-6-9-12-15-18-21-24-27-29-30-31-33-36-39-42-47-53-58-63-77(82)93-72(66-87-74(79)60-55-50-45-40-37-35-32-28-25-22-19-16-13-10-7-2)68-91-95(83,84)89-64-71(78)65-90-96(85,86)92-69-73(67-88-75(80)61-56-51-48-43-44-49-54-59-70(4)5)94-76(81)62-57-52-46-41-38-34-26-23-20-17-14-11-8-3/h22,25,28,32,70-73,78H,6-21,23-24,26-27,29-31,33-69H2,1-5H3,(H,83,84)(H,85,86)/b25-22-,32-28-/t71-,72-,73-/m1/s1. The van der Waals surface area contributed by atoms with E-state index in [0.29, 0.717) is 31.6 Å². The minimum atomic E-state index is -4.96. The average Bonchev–Trinajstić information content (AvgIpc) is 2.72. The molecule has 566 valence electrons. The maximum Gasteiger partial charge on any atom is 0.472 e. The van der Waals surface area contributed by atoms with Crippen LogP contribution in [0.3, 0.4) is 0 Å². The molecule has 0 radical (unpaired) electrons. The van der Waals surface area contributed by atoms with Gasteiger partial charge in [0.05, 0.1) is 26.4 Å². The molecule has 0 heterocycles. The highest BCUT2D eigenvalue weighted by Crippen LogP contribution is 2.45. The van der Waals surface area contributed by atoms with Crippen molar-refractivity contribution in [3.8, 4) is 0 Å². The lowest BCUT2D eigenvalue weighted by molar-refractivity contribution is -0.161. The summed E-state index contributed by atoms with van der Waals surface area (Å²) in [6.45, 7) is 7.18. The zero-order valence-electron chi connectivity index (χ0n) is 62.0. The van der Waals surface area contributed by atoms with Crippen molar-refractivity contribution >= 4 is 39.5 Å². The Morgan fingerprint density at radius 2 is 0.562 bits per heavy atom. The predicted molar refractivity (Wildman–Crippen MR) is 391 cm³/mol. The number of allylic oxidation sites excluding steroid dienone is 4. The lowest BCUT2D eigenvalue weighted by Gasteiger charge is -2.21. The van der Waals surface area contributed by atoms with Crippen LogP contribution in [0.5, 0.6) is 0 Å². The van der Waals surface area contributed by atoms with Crippen LogP contribution in [-0.4, -0.2) is 96.7 Å². The average molecular weight is 1410 g/mol. The van der Waals surface area contributed by atoms with E-state index in [4.69, 9.17) is 37.0 Å². The van der Waals surface area contributed by atoms with Crippen molar-refractivity contribution in [1.29, 1.82) is 0 Å². The summed E-state index contributed by atoms with van der Waals surface area (Å²) < 4.78 is 68.5. The van der Waals surface area contributed by atoms with Gasteiger partial charge in [-0.1, -0.05) is 329 Å². The van der Waals surface area contributed by atoms with Crippen molar-refractivity contribution in [1.82, 2.24) is 0 Å². The van der Waals surface area contributed by atoms with E-state index in [9.17, 15) is 43.2 Å². The summed E-state index contributed by atoms with van der Waals surface area (Å²) in [6, 6.07) is 0. The van der Waals surface area contributed by atoms with Gasteiger partial charge in [-0.2, -0.15) is 0 Å². The van der Waals surface area contributed by atoms with Gasteiger partial charge in [0.15, 0.2) is 12.2 Å². The number of phosphoric ester groups is 2. The van der Waals surface area contributed by atoms with E-state index in [-0.39, 0.29) is 25.7 Å². The molecule has 0 saturated heterocycles. The van der Waals surface area contributed by atoms with Crippen LogP contribution in [-0.2, 0) is 65.4 Å². The molecule has 0 fully saturated rings. The summed E-state index contributed by atoms with van der Waals surface area (Å²) in [4.78, 5) is 72.8. The Bertz CT molecular complexity index is 1930. The number of aliphatic hydroxyl groups excluding tert-OH is 1. The number of hydrogen-bond donors (Lipinski definition) is 3. The zero-order valence-corrected chi connectivity index (χ0v) is 63.8. The molecule has 5 atom stereocenters. The fourth-order valence-corrected chi connectivity index (χ4v) is 12.9. The normalized spacial score (nSPS) is 14.1. The van der Waals surface area contributed by atoms with Gasteiger partial charge >= 0.3 is 39.5 Å². The van der Waals surface area contributed by atoms with Gasteiger partial charge in [0.25, 0.3) is 0 Å². The summed E-state index contributed by atoms with van der Waals surface area (Å²) in [5, 5.41) is 10.6. The molecule has 0 aromatic heterocycles. The molecule has 19 heteroatoms. The molecule has 0 saturated carbocycles. The topological polar surface area (TPSA) is 237 Å². The number of carbonyl (C=O) groups excluding carboxylic acids is 4. The summed E-state index contributed by atoms with van der Waals surface area (Å²) in [5.74, 6) is -1.44. The van der Waals surface area contributed by atoms with Gasteiger partial charge in [0.2, 0.25) is 0 Å². The van der Waals surface area contributed by atoms with Crippen LogP contribution in [0.4, 0.5) is 0 Å². The van der Waals surface area contributed by atoms with E-state index < -0.39 is 97.5 Å². The van der Waals surface area contributed by atoms with E-state index in [1.807, 2.05) is 0 Å². The Morgan fingerprint density at radius 1 is 0.323 bits per heavy atom. The molecule has 3 N–H and O–H groups in total. The summed E-state index contributed by atoms with van der Waals surface area (Å²) in [6.07, 6.45) is 61.9. The highest BCUT2D eigenvalue weighted by Gasteiger charge is 2.30. The highest BCUT2D eigenvalue weighted by molar-refractivity contribution is 7.47. The van der Waals surface area contributed by atoms with E-state index >= 15 is 0 Å². The second-order valence-electron chi connectivity index (χ2n) is 27.5. The van der Waals surface area contributed by atoms with Crippen LogP contribution in [0.1, 0.15) is 381 Å². The van der Waals surface area contributed by atoms with Crippen molar-refractivity contribution in [2.45, 2.75) is 400 Å². The van der Waals surface area contributed by atoms with Gasteiger partial charge in [0, 0.05) is 25.7 Å². The summed E-state index contributed by atoms with van der Waals surface area (Å²) in [7, 11) is -9.92. The number of ether oxygens (including phenoxy) is 4. The third-order valence-electron chi connectivity index (χ3n) is 17.4. The van der Waals surface area contributed by atoms with Gasteiger partial charge in [-0.05, 0) is 57.3 Å². The second kappa shape index (κ2) is 69.6. The van der Waals surface area contributed by atoms with Gasteiger partial charge < -0.3 is 33.8 Å². The SMILES string of the molecule is CCCCCC/C=C\C=C/CCCCCCCC(=O)OC[C@H](COP(=O)(O)OC[C@@H](O)COP(=O)(O)OC[C@@H](COC(=O)CCCCCCCCCC(C)C)OC(=O)CCCCCCCCCCCCCCC)OC(=O)CCCCCCCCCCCCCCCCCCCC. The number of rotatable bonds is 75. The van der Waals surface area contributed by atoms with E-state index in [2.05, 4.69) is 58.9 Å². The molecule has 0 aliphatic rings. The van der Waals surface area contributed by atoms with Crippen molar-refractivity contribution in [2.24, 2.45) is 5.92 Å². The van der Waals surface area contributed by atoms with Gasteiger partial charge in [0.1, 0.15) is 19.3 Å². The number of hydrogen-bond acceptors (Lipinski definition) is 15. The summed E-state index contributed by atoms with van der Waals surface area (Å²) in [5.41, 5.74) is 0. The fraction of sp³-hybridized carbons (Fsp3) is 0.896. The van der Waals surface area contributed by atoms with Crippen LogP contribution < -0.4 is 0 Å².